The molecule has 35 heavy (non-hydrogen) atoms. The number of carbonyl (C=O) groups excluding carboxylic acids is 2. The minimum absolute atomic E-state index is 0.0526. The molecule has 0 radical (unpaired) electrons. The van der Waals surface area contributed by atoms with Gasteiger partial charge in [-0.3, -0.25) is 4.99 Å². The van der Waals surface area contributed by atoms with Crippen LogP contribution >= 0.6 is 0 Å². The first-order chi connectivity index (χ1) is 16.8. The van der Waals surface area contributed by atoms with Gasteiger partial charge in [-0.1, -0.05) is 0 Å². The zero-order valence-corrected chi connectivity index (χ0v) is 26.3. The zero-order chi connectivity index (χ0) is 26.1. The number of aliphatic imine (C=N–C) groups is 1. The van der Waals surface area contributed by atoms with Crippen molar-refractivity contribution in [2.24, 2.45) is 16.8 Å². The Morgan fingerprint density at radius 3 is 2.11 bits per heavy atom. The number of unbranched alkanes of at least 4 members (excludes halogenated alkanes) is 3. The predicted octanol–water partition coefficient (Wildman–Crippen LogP) is 7.04. The summed E-state index contributed by atoms with van der Waals surface area (Å²) in [6.45, 7) is 14.2. The molecule has 1 aliphatic rings. The topological polar surface area (TPSA) is 67.8 Å². The molecule has 0 aromatic heterocycles. The maximum absolute atomic E-state index is 12.5. The van der Waals surface area contributed by atoms with Crippen molar-refractivity contribution in [2.75, 3.05) is 13.1 Å². The van der Waals surface area contributed by atoms with Gasteiger partial charge < -0.3 is 0 Å². The molecule has 0 aromatic carbocycles. The van der Waals surface area contributed by atoms with Crippen LogP contribution in [0.2, 0.25) is 13.3 Å². The second-order valence-corrected chi connectivity index (χ2v) is 23.6. The molecule has 1 heterocycles. The van der Waals surface area contributed by atoms with Crippen molar-refractivity contribution in [2.45, 2.75) is 112 Å². The summed E-state index contributed by atoms with van der Waals surface area (Å²) in [7, 11) is 0. The molecule has 1 N–H and O–H groups in total. The first-order valence-electron chi connectivity index (χ1n) is 14.2. The molecular weight excluding hydrogens is 543 g/mol. The molecular formula is C29H52N2O3Sn. The number of nitrogens with zero attached hydrogens (tertiary/aromatic N) is 1. The molecule has 1 rings (SSSR count). The first kappa shape index (κ1) is 31.9. The fourth-order valence-electron chi connectivity index (χ4n) is 4.84. The Balaban J connectivity index is 2.66. The standard InChI is InChI=1S/C17H25N2O3.3C4H9.Sn/c1-5-10-19-15(20)9-8-13(4)16(12(2)3)22-17(21)14-7-6-11-18-14;3*1-3-4-2;/h1,5,8-9,12-13,16H,6-7,10-11H2,2-4H3,(H,19,20);3*1,3-4H2,2H3;/b5-1?,9-8+;;;;/t13-,16-;;;;/m1..../s1. The fourth-order valence-corrected chi connectivity index (χ4v) is 19.2. The first-order valence-corrected chi connectivity index (χ1v) is 21.9. The number of rotatable bonds is 18. The molecule has 200 valence electrons. The number of hydrogen-bond acceptors (Lipinski definition) is 4. The summed E-state index contributed by atoms with van der Waals surface area (Å²) in [6.07, 6.45) is 14.9. The minimum atomic E-state index is -2.29. The van der Waals surface area contributed by atoms with E-state index in [9.17, 15) is 9.59 Å². The third-order valence-corrected chi connectivity index (χ3v) is 21.3. The fraction of sp³-hybridized carbons (Fsp3) is 0.759. The summed E-state index contributed by atoms with van der Waals surface area (Å²) in [5, 5.41) is 3.03. The van der Waals surface area contributed by atoms with E-state index in [1.165, 1.54) is 51.8 Å². The molecule has 2 atom stereocenters. The molecule has 0 spiro atoms. The van der Waals surface area contributed by atoms with Crippen LogP contribution in [0.4, 0.5) is 0 Å². The van der Waals surface area contributed by atoms with Crippen molar-refractivity contribution in [1.82, 2.24) is 5.32 Å². The molecule has 0 fully saturated rings. The van der Waals surface area contributed by atoms with Gasteiger partial charge in [0.15, 0.2) is 0 Å². The second-order valence-electron chi connectivity index (χ2n) is 10.6. The van der Waals surface area contributed by atoms with Crippen LogP contribution in [0.25, 0.3) is 0 Å². The van der Waals surface area contributed by atoms with E-state index in [1.807, 2.05) is 26.8 Å². The van der Waals surface area contributed by atoms with Crippen molar-refractivity contribution >= 4 is 36.0 Å². The van der Waals surface area contributed by atoms with E-state index in [0.29, 0.717) is 25.2 Å². The van der Waals surface area contributed by atoms with Gasteiger partial charge in [-0.25, -0.2) is 0 Å². The summed E-state index contributed by atoms with van der Waals surface area (Å²) in [5.74, 6) is -0.295. The average Bonchev–Trinajstić information content (AvgIpc) is 3.39. The third-order valence-electron chi connectivity index (χ3n) is 7.03. The van der Waals surface area contributed by atoms with E-state index in [0.717, 1.165) is 6.42 Å². The Labute approximate surface area is 219 Å². The average molecular weight is 595 g/mol. The molecule has 1 amide bonds. The second kappa shape index (κ2) is 18.2. The van der Waals surface area contributed by atoms with Gasteiger partial charge in [-0.15, -0.1) is 0 Å². The number of nitrogens with one attached hydrogen (secondary N) is 1. The van der Waals surface area contributed by atoms with Crippen molar-refractivity contribution in [3.63, 3.8) is 0 Å². The van der Waals surface area contributed by atoms with Gasteiger partial charge in [0.25, 0.3) is 0 Å². The monoisotopic (exact) mass is 596 g/mol. The quantitative estimate of drug-likeness (QED) is 0.105. The van der Waals surface area contributed by atoms with E-state index in [2.05, 4.69) is 41.2 Å². The Morgan fingerprint density at radius 2 is 1.63 bits per heavy atom. The summed E-state index contributed by atoms with van der Waals surface area (Å²) >= 11 is -2.29. The van der Waals surface area contributed by atoms with E-state index < -0.39 is 18.4 Å². The van der Waals surface area contributed by atoms with Gasteiger partial charge in [0.2, 0.25) is 0 Å². The van der Waals surface area contributed by atoms with Crippen molar-refractivity contribution < 1.29 is 14.3 Å². The van der Waals surface area contributed by atoms with E-state index in [4.69, 9.17) is 4.74 Å². The SMILES string of the molecule is CCC[CH2][Sn](/[CH]=C/CNC(=O)/C=C/[C@@H](C)[C@H](OC(=O)C1=NCCC1)C(C)C)([CH2]CCC)[CH2]CCC. The van der Waals surface area contributed by atoms with Crippen LogP contribution in [-0.2, 0) is 14.3 Å². The Morgan fingerprint density at radius 1 is 1.03 bits per heavy atom. The van der Waals surface area contributed by atoms with Crippen LogP contribution in [0, 0.1) is 11.8 Å². The maximum atomic E-state index is 12.5. The Kier molecular flexibility index (Phi) is 16.6. The molecule has 1 aliphatic heterocycles. The van der Waals surface area contributed by atoms with Gasteiger partial charge >= 0.3 is 196 Å². The number of esters is 1. The number of hydrogen-bond donors (Lipinski definition) is 1. The van der Waals surface area contributed by atoms with Gasteiger partial charge in [0.1, 0.15) is 0 Å². The number of carbonyl (C=O) groups is 2. The van der Waals surface area contributed by atoms with Crippen molar-refractivity contribution in [3.05, 3.63) is 22.3 Å². The Bertz CT molecular complexity index is 693. The van der Waals surface area contributed by atoms with Crippen LogP contribution in [0.3, 0.4) is 0 Å². The normalized spacial score (nSPS) is 16.1. The van der Waals surface area contributed by atoms with Crippen LogP contribution in [0.5, 0.6) is 0 Å². The predicted molar refractivity (Wildman–Crippen MR) is 152 cm³/mol. The summed E-state index contributed by atoms with van der Waals surface area (Å²) in [6, 6.07) is 0. The molecule has 5 nitrogen and oxygen atoms in total. The van der Waals surface area contributed by atoms with Gasteiger partial charge in [0, 0.05) is 6.54 Å². The summed E-state index contributed by atoms with van der Waals surface area (Å²) in [4.78, 5) is 29.1. The third kappa shape index (κ3) is 12.6. The molecule has 0 aromatic rings. The van der Waals surface area contributed by atoms with E-state index >= 15 is 0 Å². The molecule has 6 heteroatoms. The van der Waals surface area contributed by atoms with Crippen LogP contribution in [0.1, 0.15) is 92.9 Å². The van der Waals surface area contributed by atoms with Crippen LogP contribution < -0.4 is 5.32 Å². The van der Waals surface area contributed by atoms with Gasteiger partial charge in [-0.05, 0) is 12.8 Å². The Hall–Kier alpha value is -1.11. The van der Waals surface area contributed by atoms with Gasteiger partial charge in [-0.2, -0.15) is 0 Å². The number of amides is 1. The zero-order valence-electron chi connectivity index (χ0n) is 23.4. The number of ether oxygens (including phenoxy) is 1. The van der Waals surface area contributed by atoms with Crippen LogP contribution in [-0.4, -0.2) is 55.2 Å². The molecule has 0 saturated carbocycles. The summed E-state index contributed by atoms with van der Waals surface area (Å²) < 4.78 is 12.7. The van der Waals surface area contributed by atoms with Crippen LogP contribution in [0.15, 0.2) is 27.3 Å². The summed E-state index contributed by atoms with van der Waals surface area (Å²) in [5.41, 5.74) is 0.551. The van der Waals surface area contributed by atoms with Gasteiger partial charge in [0.05, 0.1) is 0 Å². The van der Waals surface area contributed by atoms with E-state index in [-0.39, 0.29) is 29.8 Å². The van der Waals surface area contributed by atoms with Crippen molar-refractivity contribution in [3.8, 4) is 0 Å². The molecule has 0 bridgehead atoms. The molecule has 0 aliphatic carbocycles. The van der Waals surface area contributed by atoms with E-state index in [1.54, 1.807) is 6.08 Å². The molecule has 0 saturated heterocycles. The van der Waals surface area contributed by atoms with Crippen molar-refractivity contribution in [1.29, 1.82) is 0 Å². The molecule has 0 unspecified atom stereocenters.